The molecule has 1 fully saturated rings. The smallest absolute Gasteiger partial charge is 0.126 e. The molecule has 0 aromatic carbocycles. The highest BCUT2D eigenvalue weighted by molar-refractivity contribution is 8.00. The Balaban J connectivity index is 1.98. The van der Waals surface area contributed by atoms with Crippen LogP contribution in [0.5, 0.6) is 0 Å². The van der Waals surface area contributed by atoms with Crippen LogP contribution in [-0.4, -0.2) is 31.0 Å². The lowest BCUT2D eigenvalue weighted by Crippen LogP contribution is -2.10. The van der Waals surface area contributed by atoms with Crippen molar-refractivity contribution >= 4 is 11.8 Å². The molecule has 1 aliphatic heterocycles. The minimum Gasteiger partial charge on any atom is -0.378 e. The lowest BCUT2D eigenvalue weighted by molar-refractivity contribution is 0.0492. The van der Waals surface area contributed by atoms with Gasteiger partial charge in [-0.3, -0.25) is 0 Å². The van der Waals surface area contributed by atoms with Gasteiger partial charge in [-0.2, -0.15) is 0 Å². The molecule has 0 aromatic heterocycles. The van der Waals surface area contributed by atoms with Crippen LogP contribution in [0.1, 0.15) is 6.92 Å². The van der Waals surface area contributed by atoms with Crippen molar-refractivity contribution < 1.29 is 9.47 Å². The largest absolute Gasteiger partial charge is 0.378 e. The second-order valence-electron chi connectivity index (χ2n) is 1.83. The first-order valence-electron chi connectivity index (χ1n) is 3.24. The fraction of sp³-hybridized carbons (Fsp3) is 1.00. The lowest BCUT2D eigenvalue weighted by Gasteiger charge is -2.06. The highest BCUT2D eigenvalue weighted by Crippen LogP contribution is 2.19. The van der Waals surface area contributed by atoms with Gasteiger partial charge in [0.05, 0.1) is 13.2 Å². The van der Waals surface area contributed by atoms with Gasteiger partial charge in [0, 0.05) is 12.4 Å². The SMILES string of the molecule is CCOCC1OCCS1. The zero-order valence-electron chi connectivity index (χ0n) is 5.63. The predicted octanol–water partition coefficient (Wildman–Crippen LogP) is 1.11. The van der Waals surface area contributed by atoms with Gasteiger partial charge in [-0.25, -0.2) is 0 Å². The molecule has 3 heteroatoms. The molecule has 1 unspecified atom stereocenters. The summed E-state index contributed by atoms with van der Waals surface area (Å²) in [5.41, 5.74) is 0.310. The van der Waals surface area contributed by atoms with Gasteiger partial charge in [-0.05, 0) is 6.92 Å². The molecule has 0 saturated carbocycles. The van der Waals surface area contributed by atoms with E-state index in [9.17, 15) is 0 Å². The van der Waals surface area contributed by atoms with Gasteiger partial charge in [0.15, 0.2) is 0 Å². The van der Waals surface area contributed by atoms with Crippen LogP contribution in [0.15, 0.2) is 0 Å². The van der Waals surface area contributed by atoms with Crippen molar-refractivity contribution in [1.82, 2.24) is 0 Å². The van der Waals surface area contributed by atoms with Crippen LogP contribution in [-0.2, 0) is 9.47 Å². The molecule has 0 spiro atoms. The normalized spacial score (nSPS) is 27.0. The number of thioether (sulfide) groups is 1. The summed E-state index contributed by atoms with van der Waals surface area (Å²) in [6, 6.07) is 0. The standard InChI is InChI=1S/C6H12O2S/c1-2-7-5-6-8-3-4-9-6/h6H,2-5H2,1H3. The molecule has 2 nitrogen and oxygen atoms in total. The maximum Gasteiger partial charge on any atom is 0.126 e. The van der Waals surface area contributed by atoms with E-state index in [0.717, 1.165) is 25.6 Å². The highest BCUT2D eigenvalue weighted by atomic mass is 32.2. The summed E-state index contributed by atoms with van der Waals surface area (Å²) < 4.78 is 10.5. The Morgan fingerprint density at radius 1 is 1.78 bits per heavy atom. The van der Waals surface area contributed by atoms with E-state index in [2.05, 4.69) is 0 Å². The Morgan fingerprint density at radius 2 is 2.67 bits per heavy atom. The molecule has 0 bridgehead atoms. The van der Waals surface area contributed by atoms with Crippen LogP contribution >= 0.6 is 11.8 Å². The molecule has 0 aliphatic carbocycles. The summed E-state index contributed by atoms with van der Waals surface area (Å²) in [7, 11) is 0. The van der Waals surface area contributed by atoms with Crippen LogP contribution in [0.3, 0.4) is 0 Å². The van der Waals surface area contributed by atoms with E-state index >= 15 is 0 Å². The van der Waals surface area contributed by atoms with E-state index in [1.165, 1.54) is 0 Å². The molecule has 1 aliphatic rings. The Kier molecular flexibility index (Phi) is 3.40. The number of hydrogen-bond donors (Lipinski definition) is 0. The average Bonchev–Trinajstić information content (AvgIpc) is 2.34. The topological polar surface area (TPSA) is 18.5 Å². The van der Waals surface area contributed by atoms with Crippen LogP contribution in [0.2, 0.25) is 0 Å². The number of ether oxygens (including phenoxy) is 2. The second-order valence-corrected chi connectivity index (χ2v) is 3.10. The van der Waals surface area contributed by atoms with Gasteiger partial charge >= 0.3 is 0 Å². The van der Waals surface area contributed by atoms with Gasteiger partial charge in [-0.1, -0.05) is 0 Å². The summed E-state index contributed by atoms with van der Waals surface area (Å²) in [5.74, 6) is 1.12. The molecular weight excluding hydrogens is 136 g/mol. The molecule has 0 amide bonds. The van der Waals surface area contributed by atoms with Gasteiger partial charge in [0.25, 0.3) is 0 Å². The lowest BCUT2D eigenvalue weighted by atomic mass is 10.7. The summed E-state index contributed by atoms with van der Waals surface area (Å²) >= 11 is 1.84. The summed E-state index contributed by atoms with van der Waals surface area (Å²) in [4.78, 5) is 0. The highest BCUT2D eigenvalue weighted by Gasteiger charge is 2.14. The zero-order valence-corrected chi connectivity index (χ0v) is 6.45. The minimum absolute atomic E-state index is 0.310. The van der Waals surface area contributed by atoms with Crippen LogP contribution in [0.25, 0.3) is 0 Å². The number of hydrogen-bond acceptors (Lipinski definition) is 3. The maximum atomic E-state index is 5.29. The van der Waals surface area contributed by atoms with E-state index < -0.39 is 0 Å². The first-order valence-corrected chi connectivity index (χ1v) is 4.29. The van der Waals surface area contributed by atoms with Crippen molar-refractivity contribution in [3.63, 3.8) is 0 Å². The van der Waals surface area contributed by atoms with E-state index in [-0.39, 0.29) is 0 Å². The molecule has 1 atom stereocenters. The molecule has 0 radical (unpaired) electrons. The minimum atomic E-state index is 0.310. The van der Waals surface area contributed by atoms with E-state index in [1.807, 2.05) is 18.7 Å². The third kappa shape index (κ3) is 2.56. The predicted molar refractivity (Wildman–Crippen MR) is 38.7 cm³/mol. The second kappa shape index (κ2) is 4.14. The molecule has 0 aromatic rings. The first-order chi connectivity index (χ1) is 4.43. The Bertz CT molecular complexity index is 71.5. The maximum absolute atomic E-state index is 5.29. The molecular formula is C6H12O2S. The van der Waals surface area contributed by atoms with Gasteiger partial charge in [0.2, 0.25) is 0 Å². The van der Waals surface area contributed by atoms with Gasteiger partial charge in [-0.15, -0.1) is 11.8 Å². The van der Waals surface area contributed by atoms with Crippen molar-refractivity contribution in [2.75, 3.05) is 25.6 Å². The Labute approximate surface area is 59.9 Å². The monoisotopic (exact) mass is 148 g/mol. The molecule has 9 heavy (non-hydrogen) atoms. The quantitative estimate of drug-likeness (QED) is 0.597. The average molecular weight is 148 g/mol. The summed E-state index contributed by atoms with van der Waals surface area (Å²) in [6.45, 7) is 4.43. The zero-order chi connectivity index (χ0) is 6.53. The van der Waals surface area contributed by atoms with Crippen LogP contribution in [0.4, 0.5) is 0 Å². The molecule has 54 valence electrons. The van der Waals surface area contributed by atoms with E-state index in [1.54, 1.807) is 0 Å². The summed E-state index contributed by atoms with van der Waals surface area (Å²) in [5, 5.41) is 0. The van der Waals surface area contributed by atoms with Gasteiger partial charge in [0.1, 0.15) is 5.44 Å². The molecule has 1 saturated heterocycles. The molecule has 1 heterocycles. The van der Waals surface area contributed by atoms with Crippen LogP contribution < -0.4 is 0 Å². The van der Waals surface area contributed by atoms with Gasteiger partial charge < -0.3 is 9.47 Å². The first kappa shape index (κ1) is 7.38. The third-order valence-electron chi connectivity index (χ3n) is 1.15. The van der Waals surface area contributed by atoms with Crippen molar-refractivity contribution in [2.24, 2.45) is 0 Å². The van der Waals surface area contributed by atoms with Crippen LogP contribution in [0, 0.1) is 0 Å². The van der Waals surface area contributed by atoms with Crippen molar-refractivity contribution in [1.29, 1.82) is 0 Å². The van der Waals surface area contributed by atoms with Crippen molar-refractivity contribution in [3.05, 3.63) is 0 Å². The Hall–Kier alpha value is 0.270. The Morgan fingerprint density at radius 3 is 3.22 bits per heavy atom. The third-order valence-corrected chi connectivity index (χ3v) is 2.20. The fourth-order valence-electron chi connectivity index (χ4n) is 0.718. The molecule has 1 rings (SSSR count). The molecule has 0 N–H and O–H groups in total. The number of rotatable bonds is 3. The van der Waals surface area contributed by atoms with E-state index in [4.69, 9.17) is 9.47 Å². The fourth-order valence-corrected chi connectivity index (χ4v) is 1.56. The van der Waals surface area contributed by atoms with Crippen molar-refractivity contribution in [3.8, 4) is 0 Å². The van der Waals surface area contributed by atoms with E-state index in [0.29, 0.717) is 5.44 Å². The van der Waals surface area contributed by atoms with Crippen molar-refractivity contribution in [2.45, 2.75) is 12.4 Å². The summed E-state index contributed by atoms with van der Waals surface area (Å²) in [6.07, 6.45) is 0.